The van der Waals surface area contributed by atoms with Crippen LogP contribution in [-0.2, 0) is 11.3 Å². The maximum absolute atomic E-state index is 12.1. The van der Waals surface area contributed by atoms with Crippen molar-refractivity contribution in [2.45, 2.75) is 23.6 Å². The molecule has 0 radical (unpaired) electrons. The number of nitrogens with zero attached hydrogens (tertiary/aromatic N) is 1. The molecule has 0 aliphatic carbocycles. The Balaban J connectivity index is 1.92. The number of pyridine rings is 1. The van der Waals surface area contributed by atoms with Gasteiger partial charge in [-0.1, -0.05) is 29.3 Å². The molecule has 0 aliphatic rings. The summed E-state index contributed by atoms with van der Waals surface area (Å²) in [6.07, 6.45) is 1.70. The molecule has 6 heteroatoms. The Bertz CT molecular complexity index is 622. The van der Waals surface area contributed by atoms with Crippen LogP contribution in [-0.4, -0.2) is 16.1 Å². The normalized spacial score (nSPS) is 12.0. The van der Waals surface area contributed by atoms with Gasteiger partial charge in [0.2, 0.25) is 5.91 Å². The molecule has 1 amide bonds. The number of aromatic nitrogens is 1. The summed E-state index contributed by atoms with van der Waals surface area (Å²) < 4.78 is 0. The molecule has 0 fully saturated rings. The lowest BCUT2D eigenvalue weighted by Gasteiger charge is -2.13. The highest BCUT2D eigenvalue weighted by Crippen LogP contribution is 2.32. The Kier molecular flexibility index (Phi) is 5.91. The molecule has 0 spiro atoms. The molecular weight excluding hydrogens is 327 g/mol. The van der Waals surface area contributed by atoms with Gasteiger partial charge in [0.25, 0.3) is 0 Å². The lowest BCUT2D eigenvalue weighted by Crippen LogP contribution is -2.30. The number of amides is 1. The van der Waals surface area contributed by atoms with Crippen molar-refractivity contribution in [3.63, 3.8) is 0 Å². The molecule has 1 unspecified atom stereocenters. The van der Waals surface area contributed by atoms with Crippen LogP contribution in [0.25, 0.3) is 0 Å². The predicted molar refractivity (Wildman–Crippen MR) is 87.9 cm³/mol. The third-order valence-corrected chi connectivity index (χ3v) is 4.57. The van der Waals surface area contributed by atoms with E-state index in [1.807, 2.05) is 25.1 Å². The summed E-state index contributed by atoms with van der Waals surface area (Å²) in [5.74, 6) is -0.0679. The van der Waals surface area contributed by atoms with Gasteiger partial charge in [-0.05, 0) is 37.3 Å². The molecule has 1 aromatic carbocycles. The van der Waals surface area contributed by atoms with Crippen molar-refractivity contribution in [2.24, 2.45) is 0 Å². The summed E-state index contributed by atoms with van der Waals surface area (Å²) in [4.78, 5) is 17.0. The lowest BCUT2D eigenvalue weighted by molar-refractivity contribution is -0.120. The Morgan fingerprint density at radius 1 is 1.33 bits per heavy atom. The van der Waals surface area contributed by atoms with Gasteiger partial charge in [-0.15, -0.1) is 11.8 Å². The zero-order valence-electron chi connectivity index (χ0n) is 11.3. The minimum Gasteiger partial charge on any atom is -0.349 e. The van der Waals surface area contributed by atoms with Crippen LogP contribution in [0.2, 0.25) is 10.0 Å². The minimum absolute atomic E-state index is 0.0679. The van der Waals surface area contributed by atoms with E-state index in [-0.39, 0.29) is 11.2 Å². The van der Waals surface area contributed by atoms with Gasteiger partial charge in [-0.2, -0.15) is 0 Å². The molecule has 1 atom stereocenters. The van der Waals surface area contributed by atoms with E-state index in [1.165, 1.54) is 11.8 Å². The smallest absolute Gasteiger partial charge is 0.233 e. The van der Waals surface area contributed by atoms with E-state index in [0.717, 1.165) is 10.6 Å². The van der Waals surface area contributed by atoms with Crippen molar-refractivity contribution in [1.29, 1.82) is 0 Å². The van der Waals surface area contributed by atoms with Crippen molar-refractivity contribution in [3.05, 3.63) is 58.3 Å². The molecule has 0 saturated carbocycles. The second kappa shape index (κ2) is 7.69. The molecule has 1 heterocycles. The van der Waals surface area contributed by atoms with Gasteiger partial charge >= 0.3 is 0 Å². The summed E-state index contributed by atoms with van der Waals surface area (Å²) in [5, 5.41) is 3.77. The zero-order chi connectivity index (χ0) is 15.2. The summed E-state index contributed by atoms with van der Waals surface area (Å²) in [6.45, 7) is 2.24. The molecule has 21 heavy (non-hydrogen) atoms. The fourth-order valence-corrected chi connectivity index (χ4v) is 3.07. The van der Waals surface area contributed by atoms with Crippen LogP contribution in [0.3, 0.4) is 0 Å². The summed E-state index contributed by atoms with van der Waals surface area (Å²) in [5.41, 5.74) is 0.823. The van der Waals surface area contributed by atoms with E-state index < -0.39 is 0 Å². The van der Waals surface area contributed by atoms with Crippen molar-refractivity contribution < 1.29 is 4.79 Å². The first-order chi connectivity index (χ1) is 10.1. The quantitative estimate of drug-likeness (QED) is 0.830. The number of carbonyl (C=O) groups is 1. The Labute approximate surface area is 138 Å². The highest BCUT2D eigenvalue weighted by atomic mass is 35.5. The van der Waals surface area contributed by atoms with Gasteiger partial charge in [-0.3, -0.25) is 9.78 Å². The number of halogens is 2. The Morgan fingerprint density at radius 2 is 2.14 bits per heavy atom. The highest BCUT2D eigenvalue weighted by molar-refractivity contribution is 8.00. The number of carbonyl (C=O) groups excluding carboxylic acids is 1. The number of rotatable bonds is 5. The summed E-state index contributed by atoms with van der Waals surface area (Å²) in [7, 11) is 0. The van der Waals surface area contributed by atoms with Crippen LogP contribution in [0.1, 0.15) is 12.6 Å². The highest BCUT2D eigenvalue weighted by Gasteiger charge is 2.16. The Hall–Kier alpha value is -1.23. The predicted octanol–water partition coefficient (Wildman–Crippen LogP) is 4.19. The fraction of sp³-hybridized carbons (Fsp3) is 0.200. The van der Waals surface area contributed by atoms with Crippen molar-refractivity contribution in [3.8, 4) is 0 Å². The SMILES string of the molecule is CC(Sc1cc(Cl)ccc1Cl)C(=O)NCc1ccccn1. The molecule has 3 nitrogen and oxygen atoms in total. The average Bonchev–Trinajstić information content (AvgIpc) is 2.49. The molecule has 1 aromatic heterocycles. The van der Waals surface area contributed by atoms with E-state index in [9.17, 15) is 4.79 Å². The van der Waals surface area contributed by atoms with Crippen LogP contribution in [0.5, 0.6) is 0 Å². The van der Waals surface area contributed by atoms with Crippen LogP contribution in [0, 0.1) is 0 Å². The molecule has 0 aliphatic heterocycles. The first-order valence-corrected chi connectivity index (χ1v) is 7.99. The lowest BCUT2D eigenvalue weighted by atomic mass is 10.3. The van der Waals surface area contributed by atoms with Gasteiger partial charge in [-0.25, -0.2) is 0 Å². The van der Waals surface area contributed by atoms with Crippen molar-refractivity contribution in [2.75, 3.05) is 0 Å². The first-order valence-electron chi connectivity index (χ1n) is 6.35. The zero-order valence-corrected chi connectivity index (χ0v) is 13.7. The number of hydrogen-bond donors (Lipinski definition) is 1. The van der Waals surface area contributed by atoms with E-state index >= 15 is 0 Å². The summed E-state index contributed by atoms with van der Waals surface area (Å²) >= 11 is 13.4. The van der Waals surface area contributed by atoms with Crippen LogP contribution in [0.4, 0.5) is 0 Å². The van der Waals surface area contributed by atoms with Crippen LogP contribution < -0.4 is 5.32 Å². The van der Waals surface area contributed by atoms with Gasteiger partial charge in [0.1, 0.15) is 0 Å². The van der Waals surface area contributed by atoms with Gasteiger partial charge < -0.3 is 5.32 Å². The van der Waals surface area contributed by atoms with Crippen LogP contribution >= 0.6 is 35.0 Å². The molecule has 0 bridgehead atoms. The molecule has 0 saturated heterocycles. The second-order valence-electron chi connectivity index (χ2n) is 4.37. The second-order valence-corrected chi connectivity index (χ2v) is 6.60. The largest absolute Gasteiger partial charge is 0.349 e. The maximum atomic E-state index is 12.1. The molecule has 2 rings (SSSR count). The van der Waals surface area contributed by atoms with Gasteiger partial charge in [0.15, 0.2) is 0 Å². The van der Waals surface area contributed by atoms with Gasteiger partial charge in [0, 0.05) is 16.1 Å². The molecule has 2 aromatic rings. The number of nitrogens with one attached hydrogen (secondary N) is 1. The maximum Gasteiger partial charge on any atom is 0.233 e. The standard InChI is InChI=1S/C15H14Cl2N2OS/c1-10(21-14-8-11(16)5-6-13(14)17)15(20)19-9-12-4-2-3-7-18-12/h2-8,10H,9H2,1H3,(H,19,20). The third-order valence-electron chi connectivity index (χ3n) is 2.74. The van der Waals surface area contributed by atoms with E-state index in [0.29, 0.717) is 16.6 Å². The number of hydrogen-bond acceptors (Lipinski definition) is 3. The monoisotopic (exact) mass is 340 g/mol. The number of benzene rings is 1. The van der Waals surface area contributed by atoms with Crippen molar-refractivity contribution >= 4 is 40.9 Å². The minimum atomic E-state index is -0.273. The van der Waals surface area contributed by atoms with Crippen molar-refractivity contribution in [1.82, 2.24) is 10.3 Å². The van der Waals surface area contributed by atoms with Crippen LogP contribution in [0.15, 0.2) is 47.5 Å². The van der Waals surface area contributed by atoms with Gasteiger partial charge in [0.05, 0.1) is 22.5 Å². The summed E-state index contributed by atoms with van der Waals surface area (Å²) in [6, 6.07) is 10.8. The third kappa shape index (κ3) is 4.92. The van der Waals surface area contributed by atoms with E-state index in [2.05, 4.69) is 10.3 Å². The Morgan fingerprint density at radius 3 is 2.86 bits per heavy atom. The topological polar surface area (TPSA) is 42.0 Å². The molecule has 110 valence electrons. The average molecular weight is 341 g/mol. The first kappa shape index (κ1) is 16.1. The molecule has 1 N–H and O–H groups in total. The van der Waals surface area contributed by atoms with E-state index in [4.69, 9.17) is 23.2 Å². The number of thioether (sulfide) groups is 1. The fourth-order valence-electron chi connectivity index (χ4n) is 1.64. The molecular formula is C15H14Cl2N2OS. The van der Waals surface area contributed by atoms with E-state index in [1.54, 1.807) is 24.4 Å².